The van der Waals surface area contributed by atoms with Crippen LogP contribution in [0.25, 0.3) is 11.1 Å². The Morgan fingerprint density at radius 2 is 1.63 bits per heavy atom. The molecule has 0 bridgehead atoms. The Hall–Kier alpha value is -4.70. The molecule has 3 aromatic rings. The second-order valence-corrected chi connectivity index (χ2v) is 11.8. The summed E-state index contributed by atoms with van der Waals surface area (Å²) in [7, 11) is 2.65. The molecule has 264 valence electrons. The van der Waals surface area contributed by atoms with Gasteiger partial charge in [-0.05, 0) is 61.7 Å². The van der Waals surface area contributed by atoms with Crippen LogP contribution in [-0.4, -0.2) is 66.2 Å². The van der Waals surface area contributed by atoms with Crippen molar-refractivity contribution in [2.75, 3.05) is 32.2 Å². The molecule has 0 N–H and O–H groups in total. The second kappa shape index (κ2) is 13.0. The normalized spacial score (nSPS) is 19.1. The van der Waals surface area contributed by atoms with Gasteiger partial charge in [-0.15, -0.1) is 0 Å². The highest BCUT2D eigenvalue weighted by Gasteiger charge is 2.46. The maximum Gasteiger partial charge on any atom is 0.416 e. The molecule has 17 heteroatoms. The summed E-state index contributed by atoms with van der Waals surface area (Å²) in [6.45, 7) is 1.24. The molecule has 0 unspecified atom stereocenters. The number of cyclic esters (lactones) is 1. The molecule has 1 aromatic heterocycles. The van der Waals surface area contributed by atoms with Crippen molar-refractivity contribution in [1.82, 2.24) is 14.9 Å². The number of aryl methyl sites for hydroxylation is 2. The molecule has 0 aliphatic carbocycles. The maximum absolute atomic E-state index is 13.8. The molecule has 49 heavy (non-hydrogen) atoms. The predicted molar refractivity (Wildman–Crippen MR) is 157 cm³/mol. The minimum atomic E-state index is -5.12. The van der Waals surface area contributed by atoms with E-state index in [1.165, 1.54) is 26.0 Å². The highest BCUT2D eigenvalue weighted by atomic mass is 19.4. The van der Waals surface area contributed by atoms with Crippen LogP contribution >= 0.6 is 0 Å². The Balaban J connectivity index is 1.57. The van der Waals surface area contributed by atoms with Gasteiger partial charge in [0.2, 0.25) is 5.95 Å². The van der Waals surface area contributed by atoms with E-state index in [1.54, 1.807) is 25.1 Å². The first-order chi connectivity index (χ1) is 22.8. The van der Waals surface area contributed by atoms with Gasteiger partial charge in [0.1, 0.15) is 11.9 Å². The minimum absolute atomic E-state index is 0.0217. The lowest BCUT2D eigenvalue weighted by Crippen LogP contribution is -2.57. The van der Waals surface area contributed by atoms with Crippen molar-refractivity contribution in [3.05, 3.63) is 70.0 Å². The molecule has 2 aliphatic rings. The van der Waals surface area contributed by atoms with Crippen molar-refractivity contribution in [3.8, 4) is 16.9 Å². The quantitative estimate of drug-likeness (QED) is 0.172. The molecule has 5 rings (SSSR count). The monoisotopic (exact) mass is 702 g/mol. The van der Waals surface area contributed by atoms with Crippen molar-refractivity contribution in [1.29, 1.82) is 0 Å². The molecule has 2 aromatic carbocycles. The van der Waals surface area contributed by atoms with E-state index in [2.05, 4.69) is 9.97 Å². The average Bonchev–Trinajstić information content (AvgIpc) is 3.29. The maximum atomic E-state index is 13.8. The van der Waals surface area contributed by atoms with Gasteiger partial charge >= 0.3 is 24.4 Å². The van der Waals surface area contributed by atoms with Gasteiger partial charge in [-0.3, -0.25) is 9.69 Å². The summed E-state index contributed by atoms with van der Waals surface area (Å²) >= 11 is 0. The molecule has 2 fully saturated rings. The number of anilines is 1. The van der Waals surface area contributed by atoms with Crippen LogP contribution in [0.5, 0.6) is 5.75 Å². The predicted octanol–water partition coefficient (Wildman–Crippen LogP) is 7.14. The number of alkyl halides is 8. The number of halogens is 8. The zero-order chi connectivity index (χ0) is 36.1. The second-order valence-electron chi connectivity index (χ2n) is 11.8. The third-order valence-electron chi connectivity index (χ3n) is 8.31. The van der Waals surface area contributed by atoms with Crippen LogP contribution in [0.15, 0.2) is 36.4 Å². The molecule has 0 radical (unpaired) electrons. The van der Waals surface area contributed by atoms with Gasteiger partial charge in [0.25, 0.3) is 5.92 Å². The largest absolute Gasteiger partial charge is 0.496 e. The first-order valence-electron chi connectivity index (χ1n) is 14.8. The minimum Gasteiger partial charge on any atom is -0.496 e. The summed E-state index contributed by atoms with van der Waals surface area (Å²) < 4.78 is 125. The third kappa shape index (κ3) is 7.49. The molecule has 3 heterocycles. The summed E-state index contributed by atoms with van der Waals surface area (Å²) in [5.74, 6) is -3.18. The smallest absolute Gasteiger partial charge is 0.416 e. The van der Waals surface area contributed by atoms with Crippen LogP contribution in [0.1, 0.15) is 53.1 Å². The Bertz CT molecular complexity index is 1720. The Morgan fingerprint density at radius 1 is 1.00 bits per heavy atom. The topological polar surface area (TPSA) is 94.1 Å². The average molecular weight is 703 g/mol. The SMILES string of the molecule is COC(=O)CCc1ccc(OC)c(-c2c(C)nc(N3CC(F)(F)C3)nc2CN2C(=O)O[C@H](c3cc(C(F)(F)F)cc(C(F)(F)F)c3)[C@@H]2C)c1. The molecule has 2 atom stereocenters. The standard InChI is InChI=1S/C32H30F8N4O5/c1-16-26(22-9-18(5-7-24(22)47-3)6-8-25(45)48-4)23(42-28(41-16)43-14-30(33,34)15-43)13-44-17(2)27(49-29(44)46)19-10-20(31(35,36)37)12-21(11-19)32(38,39)40/h5,7,9-12,17,27H,6,8,13-15H2,1-4H3/t17-,27-/m0/s1. The van der Waals surface area contributed by atoms with Crippen LogP contribution in [-0.2, 0) is 39.6 Å². The van der Waals surface area contributed by atoms with Crippen molar-refractivity contribution < 1.29 is 58.9 Å². The molecule has 9 nitrogen and oxygen atoms in total. The number of hydrogen-bond acceptors (Lipinski definition) is 8. The highest BCUT2D eigenvalue weighted by Crippen LogP contribution is 2.43. The van der Waals surface area contributed by atoms with E-state index in [4.69, 9.17) is 14.2 Å². The number of carbonyl (C=O) groups excluding carboxylic acids is 2. The van der Waals surface area contributed by atoms with Gasteiger partial charge in [-0.1, -0.05) is 6.07 Å². The summed E-state index contributed by atoms with van der Waals surface area (Å²) in [4.78, 5) is 36.3. The van der Waals surface area contributed by atoms with Crippen LogP contribution in [0.4, 0.5) is 45.9 Å². The fraction of sp³-hybridized carbons (Fsp3) is 0.438. The fourth-order valence-electron chi connectivity index (χ4n) is 5.79. The first-order valence-corrected chi connectivity index (χ1v) is 14.8. The highest BCUT2D eigenvalue weighted by molar-refractivity contribution is 5.77. The fourth-order valence-corrected chi connectivity index (χ4v) is 5.79. The van der Waals surface area contributed by atoms with Crippen LogP contribution in [0.2, 0.25) is 0 Å². The van der Waals surface area contributed by atoms with Crippen molar-refractivity contribution in [3.63, 3.8) is 0 Å². The molecule has 1 amide bonds. The van der Waals surface area contributed by atoms with E-state index in [-0.39, 0.29) is 30.6 Å². The number of esters is 1. The summed E-state index contributed by atoms with van der Waals surface area (Å²) in [5, 5.41) is 0. The Kier molecular flexibility index (Phi) is 9.42. The summed E-state index contributed by atoms with van der Waals surface area (Å²) in [6.07, 6.45) is -12.5. The number of rotatable bonds is 9. The number of carbonyl (C=O) groups is 2. The van der Waals surface area contributed by atoms with Gasteiger partial charge in [0.05, 0.1) is 62.4 Å². The number of nitrogens with zero attached hydrogens (tertiary/aromatic N) is 4. The van der Waals surface area contributed by atoms with Crippen LogP contribution in [0.3, 0.4) is 0 Å². The lowest BCUT2D eigenvalue weighted by molar-refractivity contribution is -0.143. The number of amides is 1. The zero-order valence-electron chi connectivity index (χ0n) is 26.5. The third-order valence-corrected chi connectivity index (χ3v) is 8.31. The number of benzene rings is 2. The van der Waals surface area contributed by atoms with Gasteiger partial charge in [-0.25, -0.2) is 23.5 Å². The molecule has 0 saturated carbocycles. The Morgan fingerprint density at radius 3 is 2.18 bits per heavy atom. The molecule has 2 aliphatic heterocycles. The van der Waals surface area contributed by atoms with E-state index in [0.29, 0.717) is 40.3 Å². The van der Waals surface area contributed by atoms with Gasteiger partial charge < -0.3 is 19.1 Å². The number of ether oxygens (including phenoxy) is 3. The van der Waals surface area contributed by atoms with Crippen LogP contribution < -0.4 is 9.64 Å². The van der Waals surface area contributed by atoms with E-state index in [1.807, 2.05) is 0 Å². The van der Waals surface area contributed by atoms with Gasteiger partial charge in [-0.2, -0.15) is 26.3 Å². The van der Waals surface area contributed by atoms with E-state index in [9.17, 15) is 44.7 Å². The van der Waals surface area contributed by atoms with Gasteiger partial charge in [0, 0.05) is 17.5 Å². The summed E-state index contributed by atoms with van der Waals surface area (Å²) in [6, 6.07) is 4.91. The Labute approximate surface area is 274 Å². The molecule has 2 saturated heterocycles. The van der Waals surface area contributed by atoms with Crippen molar-refractivity contribution in [2.45, 2.75) is 63.7 Å². The number of hydrogen-bond donors (Lipinski definition) is 0. The van der Waals surface area contributed by atoms with Crippen LogP contribution in [0, 0.1) is 6.92 Å². The molecular weight excluding hydrogens is 672 g/mol. The number of methoxy groups -OCH3 is 2. The van der Waals surface area contributed by atoms with Gasteiger partial charge in [0.15, 0.2) is 0 Å². The van der Waals surface area contributed by atoms with Crippen molar-refractivity contribution in [2.24, 2.45) is 0 Å². The van der Waals surface area contributed by atoms with E-state index < -0.39 is 78.8 Å². The lowest BCUT2D eigenvalue weighted by Gasteiger charge is -2.39. The zero-order valence-corrected chi connectivity index (χ0v) is 26.5. The van der Waals surface area contributed by atoms with E-state index in [0.717, 1.165) is 4.90 Å². The molecule has 0 spiro atoms. The van der Waals surface area contributed by atoms with Crippen molar-refractivity contribution >= 4 is 18.0 Å². The molecular formula is C32H30F8N4O5. The number of aromatic nitrogens is 2. The van der Waals surface area contributed by atoms with E-state index >= 15 is 0 Å². The first kappa shape index (κ1) is 35.6. The summed E-state index contributed by atoms with van der Waals surface area (Å²) in [5.41, 5.74) is -1.82. The lowest BCUT2D eigenvalue weighted by atomic mass is 9.96.